The van der Waals surface area contributed by atoms with Crippen molar-refractivity contribution < 1.29 is 15.0 Å². The molecule has 9 heteroatoms. The molecule has 9 nitrogen and oxygen atoms in total. The Hall–Kier alpha value is -3.17. The Kier molecular flexibility index (Phi) is 5.09. The molecule has 0 unspecified atom stereocenters. The normalized spacial score (nSPS) is 15.7. The highest BCUT2D eigenvalue weighted by Gasteiger charge is 2.15. The van der Waals surface area contributed by atoms with Crippen LogP contribution in [-0.2, 0) is 0 Å². The molecular weight excluding hydrogens is 360 g/mol. The Labute approximate surface area is 161 Å². The van der Waals surface area contributed by atoms with Crippen LogP contribution in [0.4, 0.5) is 5.82 Å². The van der Waals surface area contributed by atoms with Crippen LogP contribution in [0.5, 0.6) is 5.75 Å². The Bertz CT molecular complexity index is 1000. The number of anilines is 1. The SMILES string of the molecule is O=C1NCCN(CCO)CCNc2ccn3ncc(c3n2)-c2cc(O)cc1c2. The number of β-amino-alcohol motifs (C(OH)–C–C–N with tert-alkyl or cyclic N) is 1. The van der Waals surface area contributed by atoms with E-state index in [1.54, 1.807) is 22.8 Å². The highest BCUT2D eigenvalue weighted by atomic mass is 16.3. The molecule has 1 aliphatic rings. The van der Waals surface area contributed by atoms with Crippen molar-refractivity contribution in [2.24, 2.45) is 0 Å². The van der Waals surface area contributed by atoms with E-state index in [4.69, 9.17) is 0 Å². The van der Waals surface area contributed by atoms with Gasteiger partial charge in [-0.05, 0) is 29.8 Å². The molecule has 0 aliphatic carbocycles. The van der Waals surface area contributed by atoms with Crippen molar-refractivity contribution >= 4 is 17.4 Å². The number of aromatic hydroxyl groups is 1. The number of rotatable bonds is 2. The molecule has 28 heavy (non-hydrogen) atoms. The number of fused-ring (bicyclic) bond motifs is 4. The minimum Gasteiger partial charge on any atom is -0.508 e. The lowest BCUT2D eigenvalue weighted by Gasteiger charge is -2.21. The fourth-order valence-electron chi connectivity index (χ4n) is 3.32. The van der Waals surface area contributed by atoms with Crippen LogP contribution in [0.15, 0.2) is 36.7 Å². The number of aromatic nitrogens is 3. The number of carbonyl (C=O) groups is 1. The zero-order chi connectivity index (χ0) is 19.5. The lowest BCUT2D eigenvalue weighted by molar-refractivity contribution is 0.0946. The van der Waals surface area contributed by atoms with Gasteiger partial charge in [-0.25, -0.2) is 9.50 Å². The van der Waals surface area contributed by atoms with Crippen molar-refractivity contribution in [1.29, 1.82) is 0 Å². The summed E-state index contributed by atoms with van der Waals surface area (Å²) in [6.45, 7) is 2.96. The molecule has 1 aromatic carbocycles. The van der Waals surface area contributed by atoms with Crippen LogP contribution in [0, 0.1) is 0 Å². The van der Waals surface area contributed by atoms with Crippen molar-refractivity contribution in [3.05, 3.63) is 42.2 Å². The minimum absolute atomic E-state index is 0.00232. The third kappa shape index (κ3) is 3.75. The monoisotopic (exact) mass is 382 g/mol. The molecule has 3 aromatic rings. The third-order valence-corrected chi connectivity index (χ3v) is 4.72. The van der Waals surface area contributed by atoms with Crippen LogP contribution in [0.25, 0.3) is 16.8 Å². The first kappa shape index (κ1) is 18.2. The van der Waals surface area contributed by atoms with Gasteiger partial charge in [0.05, 0.1) is 12.8 Å². The number of aliphatic hydroxyl groups excluding tert-OH is 1. The number of aliphatic hydroxyl groups is 1. The van der Waals surface area contributed by atoms with E-state index < -0.39 is 0 Å². The highest BCUT2D eigenvalue weighted by Crippen LogP contribution is 2.28. The van der Waals surface area contributed by atoms with E-state index in [1.807, 2.05) is 12.3 Å². The first-order valence-electron chi connectivity index (χ1n) is 9.18. The number of nitrogens with one attached hydrogen (secondary N) is 2. The lowest BCUT2D eigenvalue weighted by atomic mass is 10.0. The van der Waals surface area contributed by atoms with E-state index in [-0.39, 0.29) is 18.3 Å². The van der Waals surface area contributed by atoms with Crippen molar-refractivity contribution in [1.82, 2.24) is 24.8 Å². The van der Waals surface area contributed by atoms with E-state index >= 15 is 0 Å². The van der Waals surface area contributed by atoms with Gasteiger partial charge in [-0.1, -0.05) is 0 Å². The second-order valence-corrected chi connectivity index (χ2v) is 6.66. The zero-order valence-electron chi connectivity index (χ0n) is 15.3. The summed E-state index contributed by atoms with van der Waals surface area (Å²) in [6, 6.07) is 6.60. The van der Waals surface area contributed by atoms with Crippen LogP contribution >= 0.6 is 0 Å². The fraction of sp³-hybridized carbons (Fsp3) is 0.316. The lowest BCUT2D eigenvalue weighted by Crippen LogP contribution is -2.38. The summed E-state index contributed by atoms with van der Waals surface area (Å²) in [5, 5.41) is 29.9. The smallest absolute Gasteiger partial charge is 0.251 e. The second-order valence-electron chi connectivity index (χ2n) is 6.66. The number of amides is 1. The van der Waals surface area contributed by atoms with Gasteiger partial charge in [0.15, 0.2) is 5.65 Å². The number of hydrogen-bond donors (Lipinski definition) is 4. The maximum atomic E-state index is 12.6. The number of nitrogens with zero attached hydrogens (tertiary/aromatic N) is 4. The summed E-state index contributed by atoms with van der Waals surface area (Å²) in [4.78, 5) is 19.2. The maximum Gasteiger partial charge on any atom is 0.251 e. The Morgan fingerprint density at radius 2 is 1.89 bits per heavy atom. The highest BCUT2D eigenvalue weighted by molar-refractivity contribution is 5.96. The van der Waals surface area contributed by atoms with Gasteiger partial charge in [0.25, 0.3) is 5.91 Å². The van der Waals surface area contributed by atoms with Crippen LogP contribution < -0.4 is 10.6 Å². The Morgan fingerprint density at radius 1 is 1.11 bits per heavy atom. The molecule has 0 spiro atoms. The molecule has 0 saturated heterocycles. The van der Waals surface area contributed by atoms with Gasteiger partial charge >= 0.3 is 0 Å². The van der Waals surface area contributed by atoms with Gasteiger partial charge in [-0.3, -0.25) is 9.69 Å². The average molecular weight is 382 g/mol. The summed E-state index contributed by atoms with van der Waals surface area (Å²) >= 11 is 0. The molecule has 2 aromatic heterocycles. The Morgan fingerprint density at radius 3 is 2.71 bits per heavy atom. The molecule has 4 bridgehead atoms. The zero-order valence-corrected chi connectivity index (χ0v) is 15.3. The number of benzene rings is 1. The van der Waals surface area contributed by atoms with Gasteiger partial charge < -0.3 is 20.8 Å². The average Bonchev–Trinajstić information content (AvgIpc) is 3.10. The van der Waals surface area contributed by atoms with Gasteiger partial charge in [0, 0.05) is 50.0 Å². The largest absolute Gasteiger partial charge is 0.508 e. The molecule has 3 heterocycles. The molecule has 1 amide bonds. The molecular formula is C19H22N6O3. The Balaban J connectivity index is 1.77. The first-order chi connectivity index (χ1) is 13.6. The quantitative estimate of drug-likeness (QED) is 0.512. The van der Waals surface area contributed by atoms with Crippen LogP contribution in [0.3, 0.4) is 0 Å². The molecule has 0 radical (unpaired) electrons. The van der Waals surface area contributed by atoms with E-state index in [1.165, 1.54) is 6.07 Å². The van der Waals surface area contributed by atoms with E-state index in [0.29, 0.717) is 55.3 Å². The summed E-state index contributed by atoms with van der Waals surface area (Å²) in [5.74, 6) is 0.448. The van der Waals surface area contributed by atoms with Crippen molar-refractivity contribution in [3.63, 3.8) is 0 Å². The molecule has 1 aliphatic heterocycles. The fourth-order valence-corrected chi connectivity index (χ4v) is 3.32. The predicted molar refractivity (Wildman–Crippen MR) is 104 cm³/mol. The molecule has 4 N–H and O–H groups in total. The second kappa shape index (κ2) is 7.83. The summed E-state index contributed by atoms with van der Waals surface area (Å²) in [7, 11) is 0. The summed E-state index contributed by atoms with van der Waals surface area (Å²) in [6.07, 6.45) is 3.48. The van der Waals surface area contributed by atoms with Crippen molar-refractivity contribution in [3.8, 4) is 16.9 Å². The number of phenolic OH excluding ortho intramolecular Hbond substituents is 1. The van der Waals surface area contributed by atoms with Gasteiger partial charge in [-0.2, -0.15) is 5.10 Å². The van der Waals surface area contributed by atoms with Crippen LogP contribution in [0.2, 0.25) is 0 Å². The molecule has 146 valence electrons. The summed E-state index contributed by atoms with van der Waals surface area (Å²) < 4.78 is 1.65. The standard InChI is InChI=1S/C19H22N6O3/c26-8-7-24-5-2-20-17-1-4-25-18(23-17)16(12-22-25)13-9-14(11-15(27)10-13)19(28)21-3-6-24/h1,4,9-12,26-27H,2-3,5-8H2,(H,20,23)(H,21,28). The molecule has 0 fully saturated rings. The molecule has 0 atom stereocenters. The van der Waals surface area contributed by atoms with E-state index in [0.717, 1.165) is 5.56 Å². The predicted octanol–water partition coefficient (Wildman–Crippen LogP) is 0.552. The molecule has 0 saturated carbocycles. The number of hydrogen-bond acceptors (Lipinski definition) is 7. The van der Waals surface area contributed by atoms with Gasteiger partial charge in [0.2, 0.25) is 0 Å². The van der Waals surface area contributed by atoms with Crippen LogP contribution in [-0.4, -0.2) is 74.9 Å². The first-order valence-corrected chi connectivity index (χ1v) is 9.18. The third-order valence-electron chi connectivity index (χ3n) is 4.72. The summed E-state index contributed by atoms with van der Waals surface area (Å²) in [5.41, 5.74) is 2.39. The van der Waals surface area contributed by atoms with Crippen molar-refractivity contribution in [2.45, 2.75) is 0 Å². The van der Waals surface area contributed by atoms with Crippen molar-refractivity contribution in [2.75, 3.05) is 44.6 Å². The number of carbonyl (C=O) groups excluding carboxylic acids is 1. The minimum atomic E-state index is -0.265. The van der Waals surface area contributed by atoms with Crippen LogP contribution in [0.1, 0.15) is 10.4 Å². The van der Waals surface area contributed by atoms with E-state index in [2.05, 4.69) is 25.6 Å². The topological polar surface area (TPSA) is 115 Å². The molecule has 4 rings (SSSR count). The maximum absolute atomic E-state index is 12.6. The van der Waals surface area contributed by atoms with Gasteiger partial charge in [0.1, 0.15) is 11.6 Å². The van der Waals surface area contributed by atoms with E-state index in [9.17, 15) is 15.0 Å². The van der Waals surface area contributed by atoms with Gasteiger partial charge in [-0.15, -0.1) is 0 Å². The number of phenols is 1.